The molecule has 0 radical (unpaired) electrons. The summed E-state index contributed by atoms with van der Waals surface area (Å²) in [5, 5.41) is 2.50. The van der Waals surface area contributed by atoms with Gasteiger partial charge < -0.3 is 5.32 Å². The summed E-state index contributed by atoms with van der Waals surface area (Å²) in [4.78, 5) is 11.4. The second-order valence-electron chi connectivity index (χ2n) is 4.10. The lowest BCUT2D eigenvalue weighted by Gasteiger charge is -2.22. The van der Waals surface area contributed by atoms with Crippen LogP contribution >= 0.6 is 0 Å². The quantitative estimate of drug-likeness (QED) is 0.686. The molecule has 2 N–H and O–H groups in total. The molecule has 0 aliphatic rings. The van der Waals surface area contributed by atoms with E-state index in [1.807, 2.05) is 0 Å². The Hall–Kier alpha value is -0.620. The van der Waals surface area contributed by atoms with Crippen molar-refractivity contribution < 1.29 is 13.2 Å². The third-order valence-corrected chi connectivity index (χ3v) is 3.58. The van der Waals surface area contributed by atoms with Gasteiger partial charge in [0.15, 0.2) is 0 Å². The summed E-state index contributed by atoms with van der Waals surface area (Å²) in [7, 11) is -1.70. The third kappa shape index (κ3) is 5.13. The fourth-order valence-corrected chi connectivity index (χ4v) is 2.31. The zero-order chi connectivity index (χ0) is 12.1. The molecule has 0 aliphatic heterocycles. The normalized spacial score (nSPS) is 12.5. The minimum absolute atomic E-state index is 0.0941. The highest BCUT2D eigenvalue weighted by Gasteiger charge is 2.27. The number of sulfonamides is 1. The Morgan fingerprint density at radius 3 is 2.27 bits per heavy atom. The Morgan fingerprint density at radius 1 is 1.33 bits per heavy atom. The van der Waals surface area contributed by atoms with Crippen molar-refractivity contribution >= 4 is 15.9 Å². The van der Waals surface area contributed by atoms with Gasteiger partial charge in [-0.1, -0.05) is 6.92 Å². The minimum Gasteiger partial charge on any atom is -0.359 e. The van der Waals surface area contributed by atoms with Gasteiger partial charge in [-0.25, -0.2) is 13.1 Å². The van der Waals surface area contributed by atoms with E-state index in [-0.39, 0.29) is 18.2 Å². The van der Waals surface area contributed by atoms with Crippen molar-refractivity contribution in [3.05, 3.63) is 0 Å². The smallest absolute Gasteiger partial charge is 0.226 e. The number of hydrogen-bond acceptors (Lipinski definition) is 3. The van der Waals surface area contributed by atoms with Gasteiger partial charge in [-0.05, 0) is 20.3 Å². The molecule has 90 valence electrons. The van der Waals surface area contributed by atoms with Crippen LogP contribution in [0.3, 0.4) is 0 Å². The fourth-order valence-electron chi connectivity index (χ4n) is 1.05. The first-order chi connectivity index (χ1) is 6.75. The van der Waals surface area contributed by atoms with Crippen molar-refractivity contribution in [3.8, 4) is 0 Å². The van der Waals surface area contributed by atoms with Crippen LogP contribution in [-0.4, -0.2) is 33.7 Å². The predicted molar refractivity (Wildman–Crippen MR) is 59.9 cm³/mol. The molecule has 0 saturated heterocycles. The monoisotopic (exact) mass is 236 g/mol. The fraction of sp³-hybridized carbons (Fsp3) is 0.889. The molecular formula is C9H20N2O3S. The Balaban J connectivity index is 4.33. The molecule has 6 heteroatoms. The lowest BCUT2D eigenvalue weighted by Crippen LogP contribution is -2.44. The van der Waals surface area contributed by atoms with Crippen molar-refractivity contribution in [2.75, 3.05) is 19.3 Å². The standard InChI is InChI=1S/C9H20N2O3S/c1-5-6-15(13,14)11-7-9(2,3)8(12)10-4/h11H,5-7H2,1-4H3,(H,10,12). The van der Waals surface area contributed by atoms with Crippen molar-refractivity contribution in [1.82, 2.24) is 10.0 Å². The van der Waals surface area contributed by atoms with Crippen molar-refractivity contribution in [1.29, 1.82) is 0 Å². The summed E-state index contributed by atoms with van der Waals surface area (Å²) in [6, 6.07) is 0. The van der Waals surface area contributed by atoms with Crippen LogP contribution in [0.1, 0.15) is 27.2 Å². The number of carbonyl (C=O) groups is 1. The van der Waals surface area contributed by atoms with Crippen LogP contribution in [0.2, 0.25) is 0 Å². The molecule has 0 aromatic carbocycles. The molecule has 0 unspecified atom stereocenters. The average molecular weight is 236 g/mol. The first-order valence-electron chi connectivity index (χ1n) is 4.94. The van der Waals surface area contributed by atoms with Gasteiger partial charge in [-0.3, -0.25) is 4.79 Å². The maximum absolute atomic E-state index is 11.4. The van der Waals surface area contributed by atoms with E-state index in [0.717, 1.165) is 0 Å². The van der Waals surface area contributed by atoms with Gasteiger partial charge in [0.2, 0.25) is 15.9 Å². The Kier molecular flexibility index (Phi) is 5.23. The van der Waals surface area contributed by atoms with E-state index in [9.17, 15) is 13.2 Å². The Labute approximate surface area is 91.7 Å². The maximum Gasteiger partial charge on any atom is 0.226 e. The number of nitrogens with one attached hydrogen (secondary N) is 2. The van der Waals surface area contributed by atoms with Gasteiger partial charge in [-0.15, -0.1) is 0 Å². The number of rotatable bonds is 6. The molecule has 0 spiro atoms. The van der Waals surface area contributed by atoms with Crippen molar-refractivity contribution in [2.45, 2.75) is 27.2 Å². The molecule has 0 heterocycles. The molecule has 0 atom stereocenters. The molecule has 0 bridgehead atoms. The predicted octanol–water partition coefficient (Wildman–Crippen LogP) is 0.0880. The summed E-state index contributed by atoms with van der Waals surface area (Å²) >= 11 is 0. The van der Waals surface area contributed by atoms with Crippen LogP contribution < -0.4 is 10.0 Å². The SMILES string of the molecule is CCCS(=O)(=O)NCC(C)(C)C(=O)NC. The largest absolute Gasteiger partial charge is 0.359 e. The van der Waals surface area contributed by atoms with Crippen LogP contribution in [0.4, 0.5) is 0 Å². The molecule has 0 rings (SSSR count). The molecule has 0 fully saturated rings. The highest BCUT2D eigenvalue weighted by molar-refractivity contribution is 7.89. The minimum atomic E-state index is -3.24. The number of amides is 1. The van der Waals surface area contributed by atoms with E-state index in [0.29, 0.717) is 6.42 Å². The van der Waals surface area contributed by atoms with E-state index < -0.39 is 15.4 Å². The molecule has 0 aromatic rings. The van der Waals surface area contributed by atoms with Gasteiger partial charge >= 0.3 is 0 Å². The van der Waals surface area contributed by atoms with E-state index in [2.05, 4.69) is 10.0 Å². The van der Waals surface area contributed by atoms with Gasteiger partial charge in [0.25, 0.3) is 0 Å². The summed E-state index contributed by atoms with van der Waals surface area (Å²) in [5.41, 5.74) is -0.727. The molecule has 0 aromatic heterocycles. The van der Waals surface area contributed by atoms with Crippen LogP contribution in [0, 0.1) is 5.41 Å². The zero-order valence-electron chi connectivity index (χ0n) is 9.75. The highest BCUT2D eigenvalue weighted by Crippen LogP contribution is 2.13. The van der Waals surface area contributed by atoms with Crippen molar-refractivity contribution in [3.63, 3.8) is 0 Å². The van der Waals surface area contributed by atoms with Crippen LogP contribution in [0.15, 0.2) is 0 Å². The van der Waals surface area contributed by atoms with Crippen LogP contribution in [0.5, 0.6) is 0 Å². The van der Waals surface area contributed by atoms with Gasteiger partial charge in [0.05, 0.1) is 11.2 Å². The summed E-state index contributed by atoms with van der Waals surface area (Å²) in [6.07, 6.45) is 0.565. The summed E-state index contributed by atoms with van der Waals surface area (Å²) < 4.78 is 25.1. The maximum atomic E-state index is 11.4. The number of carbonyl (C=O) groups excluding carboxylic acids is 1. The Morgan fingerprint density at radius 2 is 1.87 bits per heavy atom. The van der Waals surface area contributed by atoms with E-state index in [1.165, 1.54) is 7.05 Å². The third-order valence-electron chi connectivity index (χ3n) is 2.05. The topological polar surface area (TPSA) is 75.3 Å². The molecule has 1 amide bonds. The molecule has 5 nitrogen and oxygen atoms in total. The molecular weight excluding hydrogens is 216 g/mol. The zero-order valence-corrected chi connectivity index (χ0v) is 10.6. The van der Waals surface area contributed by atoms with Crippen molar-refractivity contribution in [2.24, 2.45) is 5.41 Å². The van der Waals surface area contributed by atoms with Gasteiger partial charge in [0.1, 0.15) is 0 Å². The first kappa shape index (κ1) is 14.4. The van der Waals surface area contributed by atoms with E-state index in [1.54, 1.807) is 20.8 Å². The second-order valence-corrected chi connectivity index (χ2v) is 6.03. The second kappa shape index (κ2) is 5.46. The first-order valence-corrected chi connectivity index (χ1v) is 6.60. The van der Waals surface area contributed by atoms with Crippen LogP contribution in [-0.2, 0) is 14.8 Å². The number of hydrogen-bond donors (Lipinski definition) is 2. The summed E-state index contributed by atoms with van der Waals surface area (Å²) in [5.74, 6) is -0.0849. The highest BCUT2D eigenvalue weighted by atomic mass is 32.2. The average Bonchev–Trinajstić information content (AvgIpc) is 2.14. The van der Waals surface area contributed by atoms with Crippen LogP contribution in [0.25, 0.3) is 0 Å². The lowest BCUT2D eigenvalue weighted by atomic mass is 9.93. The lowest BCUT2D eigenvalue weighted by molar-refractivity contribution is -0.128. The van der Waals surface area contributed by atoms with Gasteiger partial charge in [0, 0.05) is 13.6 Å². The Bertz CT molecular complexity index is 309. The van der Waals surface area contributed by atoms with E-state index in [4.69, 9.17) is 0 Å². The van der Waals surface area contributed by atoms with E-state index >= 15 is 0 Å². The summed E-state index contributed by atoms with van der Waals surface area (Å²) in [6.45, 7) is 5.30. The molecule has 0 saturated carbocycles. The van der Waals surface area contributed by atoms with Gasteiger partial charge in [-0.2, -0.15) is 0 Å². The molecule has 15 heavy (non-hydrogen) atoms. The molecule has 0 aliphatic carbocycles.